The van der Waals surface area contributed by atoms with Crippen LogP contribution in [-0.2, 0) is 19.8 Å². The Bertz CT molecular complexity index is 846. The summed E-state index contributed by atoms with van der Waals surface area (Å²) in [5, 5.41) is 7.26. The van der Waals surface area contributed by atoms with Crippen LogP contribution < -0.4 is 10.2 Å². The maximum Gasteiger partial charge on any atom is 0.435 e. The van der Waals surface area contributed by atoms with Gasteiger partial charge in [0.25, 0.3) is 0 Å². The van der Waals surface area contributed by atoms with Gasteiger partial charge in [-0.2, -0.15) is 18.3 Å². The molecule has 1 fully saturated rings. The first-order valence-corrected chi connectivity index (χ1v) is 9.22. The normalized spacial score (nSPS) is 15.3. The van der Waals surface area contributed by atoms with E-state index in [4.69, 9.17) is 11.6 Å². The molecule has 0 bridgehead atoms. The monoisotopic (exact) mass is 542 g/mol. The molecule has 0 spiro atoms. The van der Waals surface area contributed by atoms with Crippen LogP contribution in [0.1, 0.15) is 11.3 Å². The van der Waals surface area contributed by atoms with Gasteiger partial charge in [0.2, 0.25) is 0 Å². The van der Waals surface area contributed by atoms with Crippen LogP contribution in [0.2, 0.25) is 5.02 Å². The molecular weight excluding hydrogens is 520 g/mol. The summed E-state index contributed by atoms with van der Waals surface area (Å²) in [6.45, 7) is 2.85. The molecule has 160 valence electrons. The van der Waals surface area contributed by atoms with E-state index in [0.29, 0.717) is 24.1 Å². The molecule has 1 aliphatic heterocycles. The summed E-state index contributed by atoms with van der Waals surface area (Å²) in [4.78, 5) is 8.43. The molecule has 1 aromatic carbocycles. The first-order valence-electron chi connectivity index (χ1n) is 8.84. The molecule has 2 heterocycles. The first-order chi connectivity index (χ1) is 13.3. The summed E-state index contributed by atoms with van der Waals surface area (Å²) in [7, 11) is 3.10. The number of para-hydroxylation sites is 1. The van der Waals surface area contributed by atoms with Crippen LogP contribution in [0.15, 0.2) is 35.5 Å². The maximum absolute atomic E-state index is 13.1. The average molecular weight is 543 g/mol. The number of piperazine rings is 1. The number of halogens is 5. The molecule has 29 heavy (non-hydrogen) atoms. The van der Waals surface area contributed by atoms with E-state index in [0.717, 1.165) is 18.8 Å². The summed E-state index contributed by atoms with van der Waals surface area (Å²) in [6.07, 6.45) is -3.11. The van der Waals surface area contributed by atoms with E-state index in [1.807, 2.05) is 29.2 Å². The number of nitrogens with zero attached hydrogens (tertiary/aromatic N) is 5. The molecule has 11 heteroatoms. The second-order valence-corrected chi connectivity index (χ2v) is 6.91. The molecule has 1 aliphatic rings. The van der Waals surface area contributed by atoms with Gasteiger partial charge in [0.15, 0.2) is 11.7 Å². The van der Waals surface area contributed by atoms with Gasteiger partial charge in [-0.1, -0.05) is 23.7 Å². The van der Waals surface area contributed by atoms with E-state index in [-0.39, 0.29) is 36.1 Å². The summed E-state index contributed by atoms with van der Waals surface area (Å²) in [6, 6.07) is 7.67. The Kier molecular flexibility index (Phi) is 8.03. The van der Waals surface area contributed by atoms with Gasteiger partial charge in [-0.25, -0.2) is 0 Å². The highest BCUT2D eigenvalue weighted by molar-refractivity contribution is 14.0. The molecule has 0 radical (unpaired) electrons. The zero-order valence-electron chi connectivity index (χ0n) is 16.1. The Morgan fingerprint density at radius 2 is 1.86 bits per heavy atom. The highest BCUT2D eigenvalue weighted by Crippen LogP contribution is 2.30. The fourth-order valence-electron chi connectivity index (χ4n) is 3.28. The standard InChI is InChI=1S/C18H22ClF3N6.HI/c1-23-17(24-11-13-12-26(2)25-16(13)18(20,21)22)28-9-7-27(8-10-28)15-6-4-3-5-14(15)19;/h3-6,12H,7-11H2,1-2H3,(H,23,24);1H. The average Bonchev–Trinajstić information content (AvgIpc) is 3.04. The van der Waals surface area contributed by atoms with Gasteiger partial charge in [-0.05, 0) is 12.1 Å². The van der Waals surface area contributed by atoms with E-state index in [2.05, 4.69) is 20.3 Å². The summed E-state index contributed by atoms with van der Waals surface area (Å²) in [5.41, 5.74) is 0.198. The summed E-state index contributed by atoms with van der Waals surface area (Å²) >= 11 is 6.26. The third-order valence-corrected chi connectivity index (χ3v) is 4.91. The molecule has 0 aliphatic carbocycles. The number of rotatable bonds is 3. The molecule has 0 atom stereocenters. The second kappa shape index (κ2) is 9.88. The third kappa shape index (κ3) is 5.68. The van der Waals surface area contributed by atoms with Crippen molar-refractivity contribution in [2.75, 3.05) is 38.1 Å². The number of guanidine groups is 1. The van der Waals surface area contributed by atoms with Crippen molar-refractivity contribution in [3.05, 3.63) is 46.7 Å². The molecule has 1 aromatic heterocycles. The zero-order valence-corrected chi connectivity index (χ0v) is 19.2. The molecule has 0 unspecified atom stereocenters. The molecule has 1 N–H and O–H groups in total. The fraction of sp³-hybridized carbons (Fsp3) is 0.444. The number of anilines is 1. The van der Waals surface area contributed by atoms with Gasteiger partial charge in [0.1, 0.15) is 0 Å². The second-order valence-electron chi connectivity index (χ2n) is 6.50. The lowest BCUT2D eigenvalue weighted by Crippen LogP contribution is -2.52. The zero-order chi connectivity index (χ0) is 20.3. The van der Waals surface area contributed by atoms with E-state index < -0.39 is 11.9 Å². The summed E-state index contributed by atoms with van der Waals surface area (Å²) in [5.74, 6) is 0.566. The highest BCUT2D eigenvalue weighted by atomic mass is 127. The van der Waals surface area contributed by atoms with Crippen LogP contribution in [0.3, 0.4) is 0 Å². The van der Waals surface area contributed by atoms with Crippen molar-refractivity contribution in [3.8, 4) is 0 Å². The van der Waals surface area contributed by atoms with Gasteiger partial charge in [-0.15, -0.1) is 24.0 Å². The Morgan fingerprint density at radius 1 is 1.21 bits per heavy atom. The minimum Gasteiger partial charge on any atom is -0.367 e. The maximum atomic E-state index is 13.1. The van der Waals surface area contributed by atoms with Gasteiger partial charge in [0.05, 0.1) is 10.7 Å². The number of alkyl halides is 3. The molecule has 6 nitrogen and oxygen atoms in total. The third-order valence-electron chi connectivity index (χ3n) is 4.59. The van der Waals surface area contributed by atoms with Crippen molar-refractivity contribution in [1.82, 2.24) is 20.0 Å². The SMILES string of the molecule is CN=C(NCc1cn(C)nc1C(F)(F)F)N1CCN(c2ccccc2Cl)CC1.I. The van der Waals surface area contributed by atoms with E-state index in [9.17, 15) is 13.2 Å². The Labute approximate surface area is 189 Å². The number of aryl methyl sites for hydroxylation is 1. The minimum atomic E-state index is -4.48. The van der Waals surface area contributed by atoms with Crippen LogP contribution >= 0.6 is 35.6 Å². The number of hydrogen-bond donors (Lipinski definition) is 1. The smallest absolute Gasteiger partial charge is 0.367 e. The predicted molar refractivity (Wildman–Crippen MR) is 119 cm³/mol. The Balaban J connectivity index is 0.00000300. The molecule has 0 amide bonds. The number of aliphatic imine (C=N–C) groups is 1. The lowest BCUT2D eigenvalue weighted by Gasteiger charge is -2.38. The molecular formula is C18H23ClF3IN6. The highest BCUT2D eigenvalue weighted by Gasteiger charge is 2.37. The molecule has 3 rings (SSSR count). The van der Waals surface area contributed by atoms with Crippen molar-refractivity contribution >= 4 is 47.2 Å². The van der Waals surface area contributed by atoms with Crippen molar-refractivity contribution in [3.63, 3.8) is 0 Å². The number of hydrogen-bond acceptors (Lipinski definition) is 3. The van der Waals surface area contributed by atoms with Gasteiger partial charge in [-0.3, -0.25) is 9.67 Å². The van der Waals surface area contributed by atoms with E-state index in [1.165, 1.54) is 17.9 Å². The van der Waals surface area contributed by atoms with Crippen LogP contribution in [0.4, 0.5) is 18.9 Å². The molecule has 2 aromatic rings. The van der Waals surface area contributed by atoms with Gasteiger partial charge >= 0.3 is 6.18 Å². The Hall–Kier alpha value is -1.69. The molecule has 0 saturated carbocycles. The number of benzene rings is 1. The molecule has 1 saturated heterocycles. The quantitative estimate of drug-likeness (QED) is 0.366. The van der Waals surface area contributed by atoms with Crippen LogP contribution in [0, 0.1) is 0 Å². The van der Waals surface area contributed by atoms with E-state index in [1.54, 1.807) is 7.05 Å². The number of nitrogens with one attached hydrogen (secondary N) is 1. The van der Waals surface area contributed by atoms with E-state index >= 15 is 0 Å². The van der Waals surface area contributed by atoms with Crippen LogP contribution in [0.5, 0.6) is 0 Å². The van der Waals surface area contributed by atoms with Gasteiger partial charge in [0, 0.05) is 58.6 Å². The van der Waals surface area contributed by atoms with Gasteiger partial charge < -0.3 is 15.1 Å². The van der Waals surface area contributed by atoms with Crippen LogP contribution in [-0.4, -0.2) is 53.9 Å². The number of aromatic nitrogens is 2. The summed E-state index contributed by atoms with van der Waals surface area (Å²) < 4.78 is 40.5. The topological polar surface area (TPSA) is 48.7 Å². The van der Waals surface area contributed by atoms with Crippen molar-refractivity contribution in [2.45, 2.75) is 12.7 Å². The first kappa shape index (κ1) is 23.6. The lowest BCUT2D eigenvalue weighted by molar-refractivity contribution is -0.142. The van der Waals surface area contributed by atoms with Crippen LogP contribution in [0.25, 0.3) is 0 Å². The predicted octanol–water partition coefficient (Wildman–Crippen LogP) is 3.61. The Morgan fingerprint density at radius 3 is 2.45 bits per heavy atom. The largest absolute Gasteiger partial charge is 0.435 e. The lowest BCUT2D eigenvalue weighted by atomic mass is 10.2. The fourth-order valence-corrected chi connectivity index (χ4v) is 3.53. The van der Waals surface area contributed by atoms with Crippen molar-refractivity contribution in [1.29, 1.82) is 0 Å². The van der Waals surface area contributed by atoms with Crippen molar-refractivity contribution in [2.24, 2.45) is 12.0 Å². The van der Waals surface area contributed by atoms with Crippen molar-refractivity contribution < 1.29 is 13.2 Å². The minimum absolute atomic E-state index is 0.